The molecule has 3 heterocycles. The molecule has 0 N–H and O–H groups in total. The van der Waals surface area contributed by atoms with Gasteiger partial charge in [0.25, 0.3) is 0 Å². The fraction of sp³-hybridized carbons (Fsp3) is 0. The number of benzene rings is 8. The summed E-state index contributed by atoms with van der Waals surface area (Å²) in [7, 11) is 0. The Morgan fingerprint density at radius 2 is 0.855 bits per heavy atom. The van der Waals surface area contributed by atoms with Crippen molar-refractivity contribution in [2.45, 2.75) is 0 Å². The van der Waals surface area contributed by atoms with Gasteiger partial charge in [-0.25, -0.2) is 9.69 Å². The lowest BCUT2D eigenvalue weighted by molar-refractivity contribution is 1.13. The van der Waals surface area contributed by atoms with Gasteiger partial charge in [0.1, 0.15) is 0 Å². The van der Waals surface area contributed by atoms with Crippen LogP contribution >= 0.6 is 0 Å². The van der Waals surface area contributed by atoms with Gasteiger partial charge in [0.15, 0.2) is 5.69 Å². The molecule has 0 unspecified atom stereocenters. The highest BCUT2D eigenvalue weighted by atomic mass is 15.1. The molecular formula is C50H29N5. The van der Waals surface area contributed by atoms with E-state index in [0.717, 1.165) is 61.0 Å². The van der Waals surface area contributed by atoms with Crippen LogP contribution in [-0.4, -0.2) is 13.7 Å². The van der Waals surface area contributed by atoms with Crippen LogP contribution in [0.3, 0.4) is 0 Å². The van der Waals surface area contributed by atoms with E-state index in [1.54, 1.807) is 0 Å². The number of fused-ring (bicyclic) bond motifs is 9. The van der Waals surface area contributed by atoms with Gasteiger partial charge >= 0.3 is 0 Å². The van der Waals surface area contributed by atoms with Gasteiger partial charge in [-0.2, -0.15) is 0 Å². The van der Waals surface area contributed by atoms with Gasteiger partial charge in [-0.1, -0.05) is 121 Å². The number of nitrogens with zero attached hydrogens (tertiary/aromatic N) is 5. The second-order valence-electron chi connectivity index (χ2n) is 13.9. The lowest BCUT2D eigenvalue weighted by Crippen LogP contribution is -2.00. The zero-order valence-electron chi connectivity index (χ0n) is 29.5. The van der Waals surface area contributed by atoms with Crippen molar-refractivity contribution in [3.05, 3.63) is 199 Å². The van der Waals surface area contributed by atoms with E-state index >= 15 is 0 Å². The number of para-hydroxylation sites is 5. The third-order valence-corrected chi connectivity index (χ3v) is 11.1. The molecule has 0 radical (unpaired) electrons. The largest absolute Gasteiger partial charge is 0.320 e. The third-order valence-electron chi connectivity index (χ3n) is 11.1. The van der Waals surface area contributed by atoms with Crippen LogP contribution in [0.25, 0.3) is 103 Å². The minimum atomic E-state index is 0.555. The van der Waals surface area contributed by atoms with E-state index in [1.807, 2.05) is 42.5 Å². The molecule has 0 aliphatic rings. The van der Waals surface area contributed by atoms with E-state index in [0.29, 0.717) is 11.4 Å². The van der Waals surface area contributed by atoms with Crippen LogP contribution < -0.4 is 0 Å². The Bertz CT molecular complexity index is 3400. The summed E-state index contributed by atoms with van der Waals surface area (Å²) in [5.74, 6) is 0. The van der Waals surface area contributed by atoms with E-state index in [4.69, 9.17) is 13.1 Å². The van der Waals surface area contributed by atoms with Crippen LogP contribution in [-0.2, 0) is 0 Å². The molecule has 3 aromatic heterocycles. The summed E-state index contributed by atoms with van der Waals surface area (Å²) in [4.78, 5) is 7.67. The van der Waals surface area contributed by atoms with Gasteiger partial charge in [-0.05, 0) is 65.7 Å². The van der Waals surface area contributed by atoms with E-state index in [9.17, 15) is 0 Å². The minimum absolute atomic E-state index is 0.555. The highest BCUT2D eigenvalue weighted by Gasteiger charge is 2.20. The Kier molecular flexibility index (Phi) is 6.61. The van der Waals surface area contributed by atoms with Gasteiger partial charge in [0.2, 0.25) is 5.69 Å². The maximum Gasteiger partial charge on any atom is 0.210 e. The Hall–Kier alpha value is -7.86. The number of aromatic nitrogens is 3. The molecule has 11 aromatic rings. The van der Waals surface area contributed by atoms with Gasteiger partial charge in [0.05, 0.1) is 52.1 Å². The van der Waals surface area contributed by atoms with Crippen LogP contribution in [0.4, 0.5) is 11.4 Å². The van der Waals surface area contributed by atoms with E-state index in [1.165, 1.54) is 32.6 Å². The van der Waals surface area contributed by atoms with Crippen LogP contribution in [0.2, 0.25) is 0 Å². The molecule has 0 bridgehead atoms. The fourth-order valence-corrected chi connectivity index (χ4v) is 8.70. The molecule has 0 aliphatic carbocycles. The smallest absolute Gasteiger partial charge is 0.210 e. The summed E-state index contributed by atoms with van der Waals surface area (Å²) in [6.45, 7) is 15.8. The average Bonchev–Trinajstić information content (AvgIpc) is 3.89. The van der Waals surface area contributed by atoms with Crippen LogP contribution in [0, 0.1) is 13.1 Å². The first-order chi connectivity index (χ1) is 27.2. The van der Waals surface area contributed by atoms with E-state index < -0.39 is 0 Å². The first-order valence-corrected chi connectivity index (χ1v) is 18.3. The molecule has 11 rings (SSSR count). The zero-order chi connectivity index (χ0) is 36.6. The summed E-state index contributed by atoms with van der Waals surface area (Å²) in [6, 6.07) is 61.5. The van der Waals surface area contributed by atoms with Gasteiger partial charge < -0.3 is 13.7 Å². The van der Waals surface area contributed by atoms with Crippen molar-refractivity contribution >= 4 is 76.8 Å². The average molecular weight is 700 g/mol. The summed E-state index contributed by atoms with van der Waals surface area (Å²) in [6.07, 6.45) is 0. The molecule has 5 nitrogen and oxygen atoms in total. The normalized spacial score (nSPS) is 11.6. The lowest BCUT2D eigenvalue weighted by atomic mass is 10.0. The van der Waals surface area contributed by atoms with E-state index in [2.05, 4.69) is 157 Å². The Labute approximate surface area is 316 Å². The van der Waals surface area contributed by atoms with Crippen molar-refractivity contribution in [3.8, 4) is 28.2 Å². The molecule has 0 atom stereocenters. The van der Waals surface area contributed by atoms with Crippen LogP contribution in [0.5, 0.6) is 0 Å². The summed E-state index contributed by atoms with van der Waals surface area (Å²) in [5.41, 5.74) is 12.7. The first kappa shape index (κ1) is 30.7. The SMILES string of the molecule is [C-]#[N+]c1ccc2c3ccccc3n(-c3cc(-c4ccc(-n5c6ccccc6c6cccc(-n7c8ccccc8c8ccccc87)c65)cc4)ccc3[N+]#[C-])c2c1. The molecule has 55 heavy (non-hydrogen) atoms. The molecule has 0 spiro atoms. The maximum absolute atomic E-state index is 8.11. The van der Waals surface area contributed by atoms with Crippen molar-refractivity contribution in [2.24, 2.45) is 0 Å². The highest BCUT2D eigenvalue weighted by Crippen LogP contribution is 2.41. The summed E-state index contributed by atoms with van der Waals surface area (Å²) in [5, 5.41) is 7.02. The lowest BCUT2D eigenvalue weighted by Gasteiger charge is -2.15. The van der Waals surface area contributed by atoms with Crippen molar-refractivity contribution < 1.29 is 0 Å². The standard InChI is InChI=1S/C50H29N5/c1-51-34-25-28-40-38-14-5-10-20-46(38)55(48(40)31-34)49-30-33(24-29-42(49)52-2)32-22-26-35(27-23-32)53-43-17-7-6-15-39(43)41-16-11-21-47(50(41)53)54-44-18-8-3-12-36(44)37-13-4-9-19-45(37)54/h3-31H. The Balaban J connectivity index is 1.11. The van der Waals surface area contributed by atoms with Crippen molar-refractivity contribution in [1.29, 1.82) is 0 Å². The molecule has 0 aliphatic heterocycles. The minimum Gasteiger partial charge on any atom is -0.320 e. The predicted molar refractivity (Wildman–Crippen MR) is 227 cm³/mol. The molecular weight excluding hydrogens is 671 g/mol. The summed E-state index contributed by atoms with van der Waals surface area (Å²) < 4.78 is 6.94. The fourth-order valence-electron chi connectivity index (χ4n) is 8.70. The van der Waals surface area contributed by atoms with E-state index in [-0.39, 0.29) is 0 Å². The number of rotatable bonds is 4. The van der Waals surface area contributed by atoms with Gasteiger partial charge in [-0.15, -0.1) is 0 Å². The Morgan fingerprint density at radius 3 is 1.45 bits per heavy atom. The third kappa shape index (κ3) is 4.45. The van der Waals surface area contributed by atoms with Crippen molar-refractivity contribution in [2.75, 3.05) is 0 Å². The Morgan fingerprint density at radius 1 is 0.345 bits per heavy atom. The molecule has 0 saturated heterocycles. The number of hydrogen-bond donors (Lipinski definition) is 0. The van der Waals surface area contributed by atoms with Gasteiger partial charge in [-0.3, -0.25) is 0 Å². The monoisotopic (exact) mass is 699 g/mol. The quantitative estimate of drug-likeness (QED) is 0.163. The molecule has 8 aromatic carbocycles. The molecule has 5 heteroatoms. The zero-order valence-corrected chi connectivity index (χ0v) is 29.5. The topological polar surface area (TPSA) is 23.5 Å². The highest BCUT2D eigenvalue weighted by molar-refractivity contribution is 6.15. The van der Waals surface area contributed by atoms with Crippen LogP contribution in [0.1, 0.15) is 0 Å². The van der Waals surface area contributed by atoms with Crippen LogP contribution in [0.15, 0.2) is 176 Å². The number of hydrogen-bond acceptors (Lipinski definition) is 0. The predicted octanol–water partition coefficient (Wildman–Crippen LogP) is 13.7. The summed E-state index contributed by atoms with van der Waals surface area (Å²) >= 11 is 0. The molecule has 0 fully saturated rings. The van der Waals surface area contributed by atoms with Crippen molar-refractivity contribution in [3.63, 3.8) is 0 Å². The molecule has 0 amide bonds. The molecule has 254 valence electrons. The van der Waals surface area contributed by atoms with Gasteiger partial charge in [0, 0.05) is 43.5 Å². The second-order valence-corrected chi connectivity index (χ2v) is 13.9. The second kappa shape index (κ2) is 11.8. The van der Waals surface area contributed by atoms with Crippen molar-refractivity contribution in [1.82, 2.24) is 13.7 Å². The maximum atomic E-state index is 8.11. The first-order valence-electron chi connectivity index (χ1n) is 18.3. The molecule has 0 saturated carbocycles.